The van der Waals surface area contributed by atoms with Crippen LogP contribution in [0.2, 0.25) is 0 Å². The van der Waals surface area contributed by atoms with E-state index in [1.54, 1.807) is 24.3 Å². The fourth-order valence-electron chi connectivity index (χ4n) is 4.14. The molecule has 4 rings (SSSR count). The van der Waals surface area contributed by atoms with Crippen LogP contribution in [0.4, 0.5) is 0 Å². The second-order valence-corrected chi connectivity index (χ2v) is 10.2. The van der Waals surface area contributed by atoms with Crippen LogP contribution in [-0.4, -0.2) is 31.7 Å². The molecule has 1 amide bonds. The summed E-state index contributed by atoms with van der Waals surface area (Å²) in [5.41, 5.74) is 2.99. The van der Waals surface area contributed by atoms with E-state index in [-0.39, 0.29) is 29.3 Å². The number of nitrogens with one attached hydrogen (secondary N) is 1. The van der Waals surface area contributed by atoms with Crippen molar-refractivity contribution in [3.05, 3.63) is 102 Å². The Balaban J connectivity index is 1.52. The van der Waals surface area contributed by atoms with Crippen molar-refractivity contribution in [1.29, 1.82) is 0 Å². The molecule has 1 fully saturated rings. The zero-order valence-corrected chi connectivity index (χ0v) is 19.0. The van der Waals surface area contributed by atoms with Gasteiger partial charge in [-0.1, -0.05) is 78.4 Å². The minimum atomic E-state index is -3.62. The zero-order chi connectivity index (χ0) is 22.6. The summed E-state index contributed by atoms with van der Waals surface area (Å²) in [7, 11) is -3.62. The van der Waals surface area contributed by atoms with E-state index in [0.29, 0.717) is 19.4 Å². The second kappa shape index (κ2) is 9.67. The third-order valence-electron chi connectivity index (χ3n) is 5.97. The number of carbonyl (C=O) groups is 1. The second-order valence-electron chi connectivity index (χ2n) is 8.28. The molecule has 6 heteroatoms. The predicted octanol–water partition coefficient (Wildman–Crippen LogP) is 4.30. The third kappa shape index (κ3) is 4.92. The summed E-state index contributed by atoms with van der Waals surface area (Å²) in [4.78, 5) is 13.5. The number of benzene rings is 3. The summed E-state index contributed by atoms with van der Waals surface area (Å²) in [6.45, 7) is 2.55. The molecule has 3 aromatic carbocycles. The van der Waals surface area contributed by atoms with E-state index >= 15 is 0 Å². The summed E-state index contributed by atoms with van der Waals surface area (Å²) in [5, 5.41) is 3.18. The van der Waals surface area contributed by atoms with Gasteiger partial charge in [-0.25, -0.2) is 8.42 Å². The highest BCUT2D eigenvalue weighted by Crippen LogP contribution is 2.27. The predicted molar refractivity (Wildman–Crippen MR) is 126 cm³/mol. The van der Waals surface area contributed by atoms with E-state index < -0.39 is 10.0 Å². The lowest BCUT2D eigenvalue weighted by Crippen LogP contribution is -2.46. The Kier molecular flexibility index (Phi) is 6.72. The molecule has 0 unspecified atom stereocenters. The van der Waals surface area contributed by atoms with Crippen LogP contribution >= 0.6 is 0 Å². The summed E-state index contributed by atoms with van der Waals surface area (Å²) >= 11 is 0. The average molecular weight is 449 g/mol. The molecule has 0 aromatic heterocycles. The zero-order valence-electron chi connectivity index (χ0n) is 18.1. The molecule has 3 aromatic rings. The van der Waals surface area contributed by atoms with Gasteiger partial charge in [0.1, 0.15) is 0 Å². The summed E-state index contributed by atoms with van der Waals surface area (Å²) in [5.74, 6) is -0.509. The van der Waals surface area contributed by atoms with Crippen LogP contribution in [0.3, 0.4) is 0 Å². The van der Waals surface area contributed by atoms with E-state index in [0.717, 1.165) is 16.7 Å². The molecule has 166 valence electrons. The molecular formula is C26H28N2O3S. The van der Waals surface area contributed by atoms with Gasteiger partial charge in [0, 0.05) is 13.1 Å². The van der Waals surface area contributed by atoms with Crippen molar-refractivity contribution in [1.82, 2.24) is 9.62 Å². The number of hydrogen-bond acceptors (Lipinski definition) is 3. The molecule has 0 aliphatic carbocycles. The molecule has 1 aliphatic rings. The minimum Gasteiger partial charge on any atom is -0.345 e. The Morgan fingerprint density at radius 3 is 2.03 bits per heavy atom. The molecule has 1 heterocycles. The lowest BCUT2D eigenvalue weighted by molar-refractivity contribution is -0.126. The summed E-state index contributed by atoms with van der Waals surface area (Å²) in [6.07, 6.45) is 1.33. The maximum Gasteiger partial charge on any atom is 0.243 e. The number of hydrogen-bond donors (Lipinski definition) is 1. The van der Waals surface area contributed by atoms with Gasteiger partial charge in [0.15, 0.2) is 0 Å². The van der Waals surface area contributed by atoms with Crippen LogP contribution in [0.15, 0.2) is 89.8 Å². The van der Waals surface area contributed by atoms with E-state index in [2.05, 4.69) is 5.32 Å². The SMILES string of the molecule is Cc1ccc(S(=O)(=O)N2CCC[C@@H](C(=O)NC(c3ccccc3)c3ccccc3)C2)cc1. The van der Waals surface area contributed by atoms with Crippen molar-refractivity contribution in [2.24, 2.45) is 5.92 Å². The van der Waals surface area contributed by atoms with Crippen LogP contribution < -0.4 is 5.32 Å². The van der Waals surface area contributed by atoms with Gasteiger partial charge < -0.3 is 5.32 Å². The Bertz CT molecular complexity index is 1110. The fourth-order valence-corrected chi connectivity index (χ4v) is 5.67. The first-order valence-corrected chi connectivity index (χ1v) is 12.4. The molecule has 1 N–H and O–H groups in total. The highest BCUT2D eigenvalue weighted by molar-refractivity contribution is 7.89. The Morgan fingerprint density at radius 1 is 0.906 bits per heavy atom. The topological polar surface area (TPSA) is 66.5 Å². The maximum atomic E-state index is 13.3. The van der Waals surface area contributed by atoms with Crippen LogP contribution in [-0.2, 0) is 14.8 Å². The first-order chi connectivity index (χ1) is 15.4. The first kappa shape index (κ1) is 22.2. The fraction of sp³-hybridized carbons (Fsp3) is 0.269. The molecule has 32 heavy (non-hydrogen) atoms. The van der Waals surface area contributed by atoms with Gasteiger partial charge in [0.2, 0.25) is 15.9 Å². The normalized spacial score (nSPS) is 17.2. The maximum absolute atomic E-state index is 13.3. The van der Waals surface area contributed by atoms with Crippen molar-refractivity contribution < 1.29 is 13.2 Å². The van der Waals surface area contributed by atoms with Crippen molar-refractivity contribution in [2.45, 2.75) is 30.7 Å². The highest BCUT2D eigenvalue weighted by Gasteiger charge is 2.34. The number of nitrogens with zero attached hydrogens (tertiary/aromatic N) is 1. The molecule has 5 nitrogen and oxygen atoms in total. The van der Waals surface area contributed by atoms with Crippen molar-refractivity contribution in [3.63, 3.8) is 0 Å². The lowest BCUT2D eigenvalue weighted by atomic mass is 9.95. The summed E-state index contributed by atoms with van der Waals surface area (Å²) < 4.78 is 27.7. The van der Waals surface area contributed by atoms with Gasteiger partial charge in [-0.2, -0.15) is 4.31 Å². The standard InChI is InChI=1S/C26H28N2O3S/c1-20-14-16-24(17-15-20)32(30,31)28-18-8-13-23(19-28)26(29)27-25(21-9-4-2-5-10-21)22-11-6-3-7-12-22/h2-7,9-12,14-17,23,25H,8,13,18-19H2,1H3,(H,27,29)/t23-/m1/s1. The van der Waals surface area contributed by atoms with Crippen LogP contribution in [0.1, 0.15) is 35.6 Å². The van der Waals surface area contributed by atoms with Gasteiger partial charge in [0.25, 0.3) is 0 Å². The number of aryl methyl sites for hydroxylation is 1. The first-order valence-electron chi connectivity index (χ1n) is 10.9. The number of sulfonamides is 1. The average Bonchev–Trinajstić information content (AvgIpc) is 2.84. The Morgan fingerprint density at radius 2 is 1.47 bits per heavy atom. The number of rotatable bonds is 6. The molecule has 1 saturated heterocycles. The van der Waals surface area contributed by atoms with Gasteiger partial charge in [0.05, 0.1) is 16.9 Å². The molecule has 0 saturated carbocycles. The molecule has 1 aliphatic heterocycles. The smallest absolute Gasteiger partial charge is 0.243 e. The Hall–Kier alpha value is -2.96. The van der Waals surface area contributed by atoms with Gasteiger partial charge in [-0.15, -0.1) is 0 Å². The minimum absolute atomic E-state index is 0.119. The lowest BCUT2D eigenvalue weighted by Gasteiger charge is -2.32. The van der Waals surface area contributed by atoms with Crippen molar-refractivity contribution in [3.8, 4) is 0 Å². The van der Waals surface area contributed by atoms with E-state index in [1.807, 2.05) is 67.6 Å². The van der Waals surface area contributed by atoms with Gasteiger partial charge in [-0.05, 0) is 43.0 Å². The third-order valence-corrected chi connectivity index (χ3v) is 7.85. The molecule has 1 atom stereocenters. The summed E-state index contributed by atoms with van der Waals surface area (Å²) in [6, 6.07) is 26.3. The van der Waals surface area contributed by atoms with E-state index in [4.69, 9.17) is 0 Å². The molecular weight excluding hydrogens is 420 g/mol. The molecule has 0 bridgehead atoms. The van der Waals surface area contributed by atoms with Gasteiger partial charge >= 0.3 is 0 Å². The van der Waals surface area contributed by atoms with Crippen LogP contribution in [0.5, 0.6) is 0 Å². The molecule has 0 spiro atoms. The van der Waals surface area contributed by atoms with E-state index in [1.165, 1.54) is 4.31 Å². The Labute approximate surface area is 190 Å². The molecule has 0 radical (unpaired) electrons. The number of carbonyl (C=O) groups excluding carboxylic acids is 1. The monoisotopic (exact) mass is 448 g/mol. The largest absolute Gasteiger partial charge is 0.345 e. The van der Waals surface area contributed by atoms with Crippen LogP contribution in [0.25, 0.3) is 0 Å². The quantitative estimate of drug-likeness (QED) is 0.611. The van der Waals surface area contributed by atoms with Crippen LogP contribution in [0, 0.1) is 12.8 Å². The van der Waals surface area contributed by atoms with E-state index in [9.17, 15) is 13.2 Å². The highest BCUT2D eigenvalue weighted by atomic mass is 32.2. The number of piperidine rings is 1. The van der Waals surface area contributed by atoms with Gasteiger partial charge in [-0.3, -0.25) is 4.79 Å². The number of amides is 1. The van der Waals surface area contributed by atoms with Crippen molar-refractivity contribution >= 4 is 15.9 Å². The van der Waals surface area contributed by atoms with Crippen molar-refractivity contribution in [2.75, 3.05) is 13.1 Å².